The third-order valence-corrected chi connectivity index (χ3v) is 9.56. The first kappa shape index (κ1) is 32.6. The Balaban J connectivity index is 1.44. The van der Waals surface area contributed by atoms with E-state index in [2.05, 4.69) is 5.32 Å². The number of rotatable bonds is 6. The second kappa shape index (κ2) is 13.4. The number of anilines is 1. The van der Waals surface area contributed by atoms with Crippen molar-refractivity contribution in [2.45, 2.75) is 56.6 Å². The first-order chi connectivity index (χ1) is 22.7. The zero-order valence-corrected chi connectivity index (χ0v) is 26.8. The molecule has 2 N–H and O–H groups in total. The minimum absolute atomic E-state index is 0.0725. The molecular formula is C36H41N3O8. The lowest BCUT2D eigenvalue weighted by Gasteiger charge is -2.35. The normalized spacial score (nSPS) is 31.6. The molecule has 3 amide bonds. The predicted octanol–water partition coefficient (Wildman–Crippen LogP) is 2.55. The zero-order chi connectivity index (χ0) is 33.3. The average Bonchev–Trinajstić information content (AvgIpc) is 3.43. The van der Waals surface area contributed by atoms with E-state index in [9.17, 15) is 24.3 Å². The second-order valence-corrected chi connectivity index (χ2v) is 12.6. The predicted molar refractivity (Wildman–Crippen MR) is 172 cm³/mol. The topological polar surface area (TPSA) is 135 Å². The lowest BCUT2D eigenvalue weighted by atomic mass is 9.77. The maximum absolute atomic E-state index is 14.6. The highest BCUT2D eigenvalue weighted by molar-refractivity contribution is 6.06. The molecular weight excluding hydrogens is 602 g/mol. The third kappa shape index (κ3) is 5.88. The lowest BCUT2D eigenvalue weighted by molar-refractivity contribution is -0.162. The van der Waals surface area contributed by atoms with Crippen LogP contribution in [-0.2, 0) is 33.4 Å². The van der Waals surface area contributed by atoms with Crippen LogP contribution in [0.5, 0.6) is 0 Å². The number of nitrogens with zero attached hydrogens (tertiary/aromatic N) is 2. The number of esters is 1. The van der Waals surface area contributed by atoms with Gasteiger partial charge in [0, 0.05) is 32.3 Å². The number of likely N-dealkylation sites (tertiary alicyclic amines) is 1. The summed E-state index contributed by atoms with van der Waals surface area (Å²) in [5, 5.41) is 13.0. The summed E-state index contributed by atoms with van der Waals surface area (Å²) in [6.07, 6.45) is 5.72. The highest BCUT2D eigenvalue weighted by Gasteiger charge is 2.72. The summed E-state index contributed by atoms with van der Waals surface area (Å²) in [6.45, 7) is 3.69. The van der Waals surface area contributed by atoms with Gasteiger partial charge in [0.05, 0.1) is 31.3 Å². The monoisotopic (exact) mass is 643 g/mol. The van der Waals surface area contributed by atoms with Crippen LogP contribution in [0.1, 0.15) is 35.6 Å². The Bertz CT molecular complexity index is 1590. The molecule has 4 heterocycles. The molecule has 0 bridgehead atoms. The lowest BCUT2D eigenvalue weighted by Crippen LogP contribution is -2.55. The molecule has 6 rings (SSSR count). The van der Waals surface area contributed by atoms with Crippen LogP contribution >= 0.6 is 0 Å². The van der Waals surface area contributed by atoms with E-state index in [0.29, 0.717) is 17.7 Å². The number of fused-ring (bicyclic) bond motifs is 2. The van der Waals surface area contributed by atoms with E-state index in [-0.39, 0.29) is 44.5 Å². The van der Waals surface area contributed by atoms with Crippen LogP contribution in [-0.4, -0.2) is 90.9 Å². The highest BCUT2D eigenvalue weighted by atomic mass is 16.6. The Morgan fingerprint density at radius 3 is 2.57 bits per heavy atom. The minimum Gasteiger partial charge on any atom is -0.455 e. The van der Waals surface area contributed by atoms with E-state index in [1.54, 1.807) is 35.3 Å². The number of aryl methyl sites for hydroxylation is 2. The fourth-order valence-electron chi connectivity index (χ4n) is 7.46. The fraction of sp³-hybridized carbons (Fsp3) is 0.444. The molecule has 0 saturated carbocycles. The molecule has 248 valence electrons. The molecule has 0 aromatic heterocycles. The Hall–Kier alpha value is -4.32. The molecule has 0 unspecified atom stereocenters. The van der Waals surface area contributed by atoms with Crippen LogP contribution in [0.25, 0.3) is 0 Å². The Morgan fingerprint density at radius 1 is 1.04 bits per heavy atom. The molecule has 4 aliphatic heterocycles. The van der Waals surface area contributed by atoms with Crippen molar-refractivity contribution in [3.63, 3.8) is 0 Å². The summed E-state index contributed by atoms with van der Waals surface area (Å²) in [7, 11) is 1.50. The number of benzene rings is 2. The zero-order valence-electron chi connectivity index (χ0n) is 26.8. The van der Waals surface area contributed by atoms with Crippen LogP contribution in [0.2, 0.25) is 0 Å². The molecule has 47 heavy (non-hydrogen) atoms. The first-order valence-electron chi connectivity index (χ1n) is 16.1. The van der Waals surface area contributed by atoms with Crippen molar-refractivity contribution in [2.75, 3.05) is 38.3 Å². The second-order valence-electron chi connectivity index (χ2n) is 12.6. The van der Waals surface area contributed by atoms with E-state index in [4.69, 9.17) is 14.2 Å². The van der Waals surface area contributed by atoms with Gasteiger partial charge in [-0.1, -0.05) is 66.8 Å². The van der Waals surface area contributed by atoms with Gasteiger partial charge in [0.25, 0.3) is 5.91 Å². The highest BCUT2D eigenvalue weighted by Crippen LogP contribution is 2.53. The van der Waals surface area contributed by atoms with Gasteiger partial charge >= 0.3 is 5.97 Å². The van der Waals surface area contributed by atoms with Crippen LogP contribution < -0.4 is 10.2 Å². The van der Waals surface area contributed by atoms with Gasteiger partial charge in [0.2, 0.25) is 11.8 Å². The maximum atomic E-state index is 14.6. The Labute approximate surface area is 274 Å². The van der Waals surface area contributed by atoms with E-state index < -0.39 is 53.6 Å². The smallest absolute Gasteiger partial charge is 0.313 e. The van der Waals surface area contributed by atoms with Crippen LogP contribution in [0.15, 0.2) is 72.8 Å². The molecule has 0 radical (unpaired) electrons. The van der Waals surface area contributed by atoms with Gasteiger partial charge in [-0.2, -0.15) is 0 Å². The largest absolute Gasteiger partial charge is 0.455 e. The summed E-state index contributed by atoms with van der Waals surface area (Å²) in [6, 6.07) is 13.1. The van der Waals surface area contributed by atoms with E-state index in [0.717, 1.165) is 11.1 Å². The number of methoxy groups -OCH3 is 1. The Morgan fingerprint density at radius 2 is 1.83 bits per heavy atom. The number of carbonyl (C=O) groups is 4. The number of aliphatic hydroxyl groups excluding tert-OH is 1. The van der Waals surface area contributed by atoms with Gasteiger partial charge in [-0.05, 0) is 43.0 Å². The summed E-state index contributed by atoms with van der Waals surface area (Å²) in [4.78, 5) is 59.4. The standard InChI is InChI=1S/C36H41N3O8/c1-22-14-15-23(2)26(20-22)38-17-9-16-36-30(33(42)39(18-19-40)32(36)34(38)43)29-27(47-36)12-7-8-13-28(41)37-25(21-45-3)31(46-35(29)44)24-10-5-4-6-11-24/h4-7,9-12,14-16,20,25,27,29-32,40H,8,13,17-19,21H2,1-3H3,(H,37,41)/b12-7-/t25-,27-,29+,30+,31-,32-,36+/m1/s1. The number of hydrogen-bond acceptors (Lipinski definition) is 8. The van der Waals surface area contributed by atoms with Crippen LogP contribution in [0.3, 0.4) is 0 Å². The molecule has 7 atom stereocenters. The number of aliphatic hydroxyl groups is 1. The summed E-state index contributed by atoms with van der Waals surface area (Å²) < 4.78 is 18.4. The van der Waals surface area contributed by atoms with E-state index >= 15 is 0 Å². The number of amides is 3. The van der Waals surface area contributed by atoms with E-state index in [1.807, 2.05) is 56.3 Å². The van der Waals surface area contributed by atoms with Crippen molar-refractivity contribution >= 4 is 29.4 Å². The summed E-state index contributed by atoms with van der Waals surface area (Å²) >= 11 is 0. The minimum atomic E-state index is -1.50. The van der Waals surface area contributed by atoms with Gasteiger partial charge in [0.15, 0.2) is 0 Å². The SMILES string of the molecule is COC[C@H]1NC(=O)CC/C=C\[C@H]2O[C@]34C=CCN(c5cc(C)ccc5C)C(=O)[C@H]3N(CCO)C(=O)[C@@H]4[C@H]2C(=O)O[C@@H]1c1ccccc1. The number of ether oxygens (including phenoxy) is 3. The van der Waals surface area contributed by atoms with Crippen molar-refractivity contribution in [1.29, 1.82) is 0 Å². The molecule has 0 aliphatic carbocycles. The molecule has 1 spiro atoms. The number of carbonyl (C=O) groups excluding carboxylic acids is 4. The van der Waals surface area contributed by atoms with Gasteiger partial charge in [-0.15, -0.1) is 0 Å². The summed E-state index contributed by atoms with van der Waals surface area (Å²) in [5.74, 6) is -3.96. The van der Waals surface area contributed by atoms with E-state index in [1.165, 1.54) is 12.0 Å². The van der Waals surface area contributed by atoms with Crippen molar-refractivity contribution in [3.05, 3.63) is 89.5 Å². The van der Waals surface area contributed by atoms with Crippen molar-refractivity contribution in [1.82, 2.24) is 10.2 Å². The van der Waals surface area contributed by atoms with Gasteiger partial charge in [0.1, 0.15) is 23.7 Å². The van der Waals surface area contributed by atoms with Crippen LogP contribution in [0.4, 0.5) is 5.69 Å². The molecule has 2 aromatic carbocycles. The van der Waals surface area contributed by atoms with Gasteiger partial charge < -0.3 is 34.4 Å². The van der Waals surface area contributed by atoms with Crippen molar-refractivity contribution in [2.24, 2.45) is 11.8 Å². The first-order valence-corrected chi connectivity index (χ1v) is 16.1. The Kier molecular flexibility index (Phi) is 9.32. The molecule has 11 heteroatoms. The number of cyclic esters (lactones) is 1. The number of allylic oxidation sites excluding steroid dienone is 1. The number of β-amino-alcohol motifs (C(OH)–C–C–N with tert-alkyl or cyclic N) is 1. The third-order valence-electron chi connectivity index (χ3n) is 9.56. The molecule has 2 fully saturated rings. The maximum Gasteiger partial charge on any atom is 0.313 e. The summed E-state index contributed by atoms with van der Waals surface area (Å²) in [5.41, 5.74) is 1.73. The average molecular weight is 644 g/mol. The van der Waals surface area contributed by atoms with Gasteiger partial charge in [-0.25, -0.2) is 0 Å². The number of hydrogen-bond donors (Lipinski definition) is 2. The molecule has 4 aliphatic rings. The van der Waals surface area contributed by atoms with Crippen LogP contribution in [0, 0.1) is 25.7 Å². The van der Waals surface area contributed by atoms with Gasteiger partial charge in [-0.3, -0.25) is 19.2 Å². The van der Waals surface area contributed by atoms with Crippen molar-refractivity contribution < 1.29 is 38.5 Å². The fourth-order valence-corrected chi connectivity index (χ4v) is 7.46. The van der Waals surface area contributed by atoms with Crippen molar-refractivity contribution in [3.8, 4) is 0 Å². The number of nitrogens with one attached hydrogen (secondary N) is 1. The quantitative estimate of drug-likeness (QED) is 0.363. The molecule has 2 saturated heterocycles. The molecule has 11 nitrogen and oxygen atoms in total. The molecule has 2 aromatic rings.